The van der Waals surface area contributed by atoms with Gasteiger partial charge < -0.3 is 9.15 Å². The maximum Gasteiger partial charge on any atom is 0.285 e. The van der Waals surface area contributed by atoms with Crippen molar-refractivity contribution >= 4 is 63.5 Å². The van der Waals surface area contributed by atoms with Crippen molar-refractivity contribution in [3.05, 3.63) is 86.0 Å². The van der Waals surface area contributed by atoms with Crippen LogP contribution in [0.1, 0.15) is 16.1 Å². The molecular weight excluding hydrogens is 502 g/mol. The lowest BCUT2D eigenvalue weighted by molar-refractivity contribution is -0.384. The first-order valence-corrected chi connectivity index (χ1v) is 11.1. The number of thioether (sulfide) groups is 1. The van der Waals surface area contributed by atoms with E-state index in [0.717, 1.165) is 16.8 Å². The number of nitrogens with one attached hydrogen (secondary N) is 1. The molecule has 0 saturated carbocycles. The molecule has 1 aliphatic rings. The molecule has 0 unspecified atom stereocenters. The number of nitro groups is 1. The highest BCUT2D eigenvalue weighted by Gasteiger charge is 2.34. The number of halogens is 1. The van der Waals surface area contributed by atoms with Crippen LogP contribution < -0.4 is 10.2 Å². The molecule has 2 heterocycles. The van der Waals surface area contributed by atoms with Crippen molar-refractivity contribution in [2.24, 2.45) is 0 Å². The number of amides is 2. The highest BCUT2D eigenvalue weighted by atomic mass is 35.5. The van der Waals surface area contributed by atoms with Crippen molar-refractivity contribution in [2.75, 3.05) is 7.11 Å². The molecule has 1 saturated heterocycles. The normalized spacial score (nSPS) is 14.5. The van der Waals surface area contributed by atoms with Gasteiger partial charge in [-0.05, 0) is 54.7 Å². The first-order chi connectivity index (χ1) is 16.3. The summed E-state index contributed by atoms with van der Waals surface area (Å²) in [6, 6.07) is 13.6. The number of furan rings is 1. The predicted molar refractivity (Wildman–Crippen MR) is 131 cm³/mol. The van der Waals surface area contributed by atoms with Crippen molar-refractivity contribution in [3.8, 4) is 17.1 Å². The van der Waals surface area contributed by atoms with Crippen LogP contribution in [0.4, 0.5) is 5.69 Å². The van der Waals surface area contributed by atoms with Gasteiger partial charge in [0, 0.05) is 29.3 Å². The second-order valence-corrected chi connectivity index (χ2v) is 8.89. The number of benzene rings is 2. The second-order valence-electron chi connectivity index (χ2n) is 6.81. The minimum Gasteiger partial charge on any atom is -0.497 e. The van der Waals surface area contributed by atoms with Gasteiger partial charge in [0.2, 0.25) is 0 Å². The number of carbonyl (C=O) groups is 2. The summed E-state index contributed by atoms with van der Waals surface area (Å²) in [5.74, 6) is 0.154. The molecule has 2 amide bonds. The van der Waals surface area contributed by atoms with Crippen molar-refractivity contribution < 1.29 is 23.7 Å². The van der Waals surface area contributed by atoms with E-state index < -0.39 is 16.7 Å². The average Bonchev–Trinajstić information content (AvgIpc) is 3.39. The quantitative estimate of drug-likeness (QED) is 0.209. The van der Waals surface area contributed by atoms with E-state index in [1.54, 1.807) is 36.4 Å². The molecule has 4 rings (SSSR count). The zero-order valence-corrected chi connectivity index (χ0v) is 19.7. The number of methoxy groups -OCH3 is 1. The third-order valence-corrected chi connectivity index (χ3v) is 6.32. The molecule has 1 N–H and O–H groups in total. The maximum atomic E-state index is 12.8. The minimum absolute atomic E-state index is 0.133. The van der Waals surface area contributed by atoms with Gasteiger partial charge in [0.25, 0.3) is 17.5 Å². The Kier molecular flexibility index (Phi) is 6.68. The molecule has 0 atom stereocenters. The molecule has 1 aromatic heterocycles. The van der Waals surface area contributed by atoms with Gasteiger partial charge in [-0.15, -0.1) is 0 Å². The fraction of sp³-hybridized carbons (Fsp3) is 0.0455. The molecular formula is C22H14ClN3O6S2. The third kappa shape index (κ3) is 4.81. The standard InChI is InChI=1S/C22H14ClN3O6S2/c1-31-14-5-2-12(3-6-14)20(27)24-25-21(28)19(34-22(25)33)11-15-7-9-18(32-15)16-10-13(26(29)30)4-8-17(16)23/h2-11H,1H3,(H,24,27)/b19-11+. The van der Waals surface area contributed by atoms with Crippen LogP contribution >= 0.6 is 35.6 Å². The number of thiocarbonyl (C=S) groups is 1. The third-order valence-electron chi connectivity index (χ3n) is 4.69. The molecule has 1 aliphatic heterocycles. The van der Waals surface area contributed by atoms with E-state index in [1.165, 1.54) is 31.4 Å². The van der Waals surface area contributed by atoms with Crippen LogP contribution in [0.3, 0.4) is 0 Å². The number of ether oxygens (including phenoxy) is 1. The Labute approximate surface area is 207 Å². The van der Waals surface area contributed by atoms with Gasteiger partial charge in [0.05, 0.1) is 22.0 Å². The number of nitro benzene ring substituents is 1. The van der Waals surface area contributed by atoms with Gasteiger partial charge in [0.1, 0.15) is 17.3 Å². The number of non-ortho nitro benzene ring substituents is 1. The zero-order valence-electron chi connectivity index (χ0n) is 17.3. The molecule has 0 aliphatic carbocycles. The molecule has 0 spiro atoms. The number of nitrogens with zero attached hydrogens (tertiary/aromatic N) is 2. The predicted octanol–water partition coefficient (Wildman–Crippen LogP) is 5.06. The topological polar surface area (TPSA) is 115 Å². The van der Waals surface area contributed by atoms with Crippen molar-refractivity contribution in [3.63, 3.8) is 0 Å². The van der Waals surface area contributed by atoms with Crippen LogP contribution in [-0.4, -0.2) is 33.2 Å². The molecule has 34 heavy (non-hydrogen) atoms. The fourth-order valence-electron chi connectivity index (χ4n) is 2.99. The Morgan fingerprint density at radius 2 is 1.97 bits per heavy atom. The summed E-state index contributed by atoms with van der Waals surface area (Å²) in [5.41, 5.74) is 3.02. The van der Waals surface area contributed by atoms with Crippen molar-refractivity contribution in [2.45, 2.75) is 0 Å². The summed E-state index contributed by atoms with van der Waals surface area (Å²) in [6.45, 7) is 0. The first kappa shape index (κ1) is 23.5. The Bertz CT molecular complexity index is 1350. The van der Waals surface area contributed by atoms with Gasteiger partial charge in [-0.2, -0.15) is 5.01 Å². The lowest BCUT2D eigenvalue weighted by Gasteiger charge is -2.15. The van der Waals surface area contributed by atoms with Gasteiger partial charge >= 0.3 is 0 Å². The second kappa shape index (κ2) is 9.67. The summed E-state index contributed by atoms with van der Waals surface area (Å²) in [7, 11) is 1.52. The van der Waals surface area contributed by atoms with Crippen molar-refractivity contribution in [1.82, 2.24) is 10.4 Å². The molecule has 2 aromatic carbocycles. The lowest BCUT2D eigenvalue weighted by atomic mass is 10.1. The van der Waals surface area contributed by atoms with E-state index in [4.69, 9.17) is 33.0 Å². The number of rotatable bonds is 6. The van der Waals surface area contributed by atoms with Crippen LogP contribution in [0.5, 0.6) is 5.75 Å². The maximum absolute atomic E-state index is 12.8. The number of carbonyl (C=O) groups excluding carboxylic acids is 2. The van der Waals surface area contributed by atoms with Crippen LogP contribution in [-0.2, 0) is 4.79 Å². The minimum atomic E-state index is -0.532. The highest BCUT2D eigenvalue weighted by Crippen LogP contribution is 2.35. The molecule has 12 heteroatoms. The van der Waals surface area contributed by atoms with E-state index in [-0.39, 0.29) is 19.9 Å². The zero-order chi connectivity index (χ0) is 24.4. The number of hydrogen-bond acceptors (Lipinski definition) is 8. The van der Waals surface area contributed by atoms with Crippen LogP contribution in [0.2, 0.25) is 5.02 Å². The average molecular weight is 516 g/mol. The lowest BCUT2D eigenvalue weighted by Crippen LogP contribution is -2.44. The monoisotopic (exact) mass is 515 g/mol. The van der Waals surface area contributed by atoms with E-state index >= 15 is 0 Å². The smallest absolute Gasteiger partial charge is 0.285 e. The molecule has 172 valence electrons. The summed E-state index contributed by atoms with van der Waals surface area (Å²) in [4.78, 5) is 36.1. The molecule has 9 nitrogen and oxygen atoms in total. The largest absolute Gasteiger partial charge is 0.497 e. The Morgan fingerprint density at radius 3 is 2.65 bits per heavy atom. The number of hydrazine groups is 1. The van der Waals surface area contributed by atoms with Gasteiger partial charge in [-0.1, -0.05) is 23.4 Å². The summed E-state index contributed by atoms with van der Waals surface area (Å²) < 4.78 is 10.9. The molecule has 0 radical (unpaired) electrons. The summed E-state index contributed by atoms with van der Waals surface area (Å²) in [6.07, 6.45) is 1.47. The highest BCUT2D eigenvalue weighted by molar-refractivity contribution is 8.26. The summed E-state index contributed by atoms with van der Waals surface area (Å²) >= 11 is 12.4. The van der Waals surface area contributed by atoms with Crippen molar-refractivity contribution in [1.29, 1.82) is 0 Å². The van der Waals surface area contributed by atoms with Crippen LogP contribution in [0.15, 0.2) is 63.9 Å². The van der Waals surface area contributed by atoms with Gasteiger partial charge in [-0.3, -0.25) is 25.1 Å². The Balaban J connectivity index is 1.52. The van der Waals surface area contributed by atoms with E-state index in [9.17, 15) is 19.7 Å². The van der Waals surface area contributed by atoms with E-state index in [2.05, 4.69) is 5.43 Å². The number of hydrogen-bond donors (Lipinski definition) is 1. The summed E-state index contributed by atoms with van der Waals surface area (Å²) in [5, 5.41) is 12.3. The Hall–Kier alpha value is -3.67. The molecule has 0 bridgehead atoms. The fourth-order valence-corrected chi connectivity index (χ4v) is 4.36. The van der Waals surface area contributed by atoms with E-state index in [1.807, 2.05) is 0 Å². The van der Waals surface area contributed by atoms with Crippen LogP contribution in [0, 0.1) is 10.1 Å². The Morgan fingerprint density at radius 1 is 1.24 bits per heavy atom. The SMILES string of the molecule is COc1ccc(C(=O)NN2C(=O)/C(=C\c3ccc(-c4cc([N+](=O)[O-])ccc4Cl)o3)SC2=S)cc1. The van der Waals surface area contributed by atoms with E-state index in [0.29, 0.717) is 28.4 Å². The van der Waals surface area contributed by atoms with Gasteiger partial charge in [0.15, 0.2) is 4.32 Å². The van der Waals surface area contributed by atoms with Gasteiger partial charge in [-0.25, -0.2) is 0 Å². The van der Waals surface area contributed by atoms with Crippen LogP contribution in [0.25, 0.3) is 17.4 Å². The molecule has 1 fully saturated rings. The first-order valence-electron chi connectivity index (χ1n) is 9.54. The molecule has 3 aromatic rings.